The molecule has 3 heteroatoms. The van der Waals surface area contributed by atoms with E-state index in [0.717, 1.165) is 5.56 Å². The average molecular weight is 306 g/mol. The number of nitrogens with zero attached hydrogens (tertiary/aromatic N) is 1. The van der Waals surface area contributed by atoms with Gasteiger partial charge in [0.25, 0.3) is 0 Å². The standard InChI is InChI=1S/C20H20NO2/c1-20(23,18-12-6-3-7-13-18)21(14-8-9-15-21)16-19(22)17-10-4-2-5-11-17/h2-15,23H,16H2,1H3/q+1. The molecule has 0 saturated carbocycles. The van der Waals surface area contributed by atoms with Gasteiger partial charge in [-0.2, -0.15) is 0 Å². The fourth-order valence-electron chi connectivity index (χ4n) is 2.95. The van der Waals surface area contributed by atoms with Gasteiger partial charge in [-0.05, 0) is 12.2 Å². The minimum atomic E-state index is -1.23. The van der Waals surface area contributed by atoms with E-state index in [-0.39, 0.29) is 16.8 Å². The molecule has 1 heterocycles. The van der Waals surface area contributed by atoms with Crippen LogP contribution < -0.4 is 0 Å². The monoisotopic (exact) mass is 306 g/mol. The number of Topliss-reactive ketones (excluding diaryl/α,β-unsaturated/α-hetero) is 1. The molecule has 0 aliphatic carbocycles. The summed E-state index contributed by atoms with van der Waals surface area (Å²) in [6.07, 6.45) is 7.48. The predicted octanol–water partition coefficient (Wildman–Crippen LogP) is 3.59. The van der Waals surface area contributed by atoms with E-state index in [1.807, 2.05) is 73.1 Å². The summed E-state index contributed by atoms with van der Waals surface area (Å²) in [6.45, 7) is 1.92. The van der Waals surface area contributed by atoms with Crippen LogP contribution >= 0.6 is 0 Å². The number of carbonyl (C=O) groups is 1. The summed E-state index contributed by atoms with van der Waals surface area (Å²) in [5.41, 5.74) is 0.203. The lowest BCUT2D eigenvalue weighted by atomic mass is 9.99. The summed E-state index contributed by atoms with van der Waals surface area (Å²) in [4.78, 5) is 12.7. The van der Waals surface area contributed by atoms with Crippen LogP contribution in [0.3, 0.4) is 0 Å². The van der Waals surface area contributed by atoms with Crippen molar-refractivity contribution in [3.8, 4) is 0 Å². The number of carbonyl (C=O) groups excluding carboxylic acids is 1. The molecule has 1 atom stereocenters. The molecule has 0 amide bonds. The van der Waals surface area contributed by atoms with Gasteiger partial charge in [-0.25, -0.2) is 4.48 Å². The topological polar surface area (TPSA) is 37.3 Å². The van der Waals surface area contributed by atoms with E-state index >= 15 is 0 Å². The van der Waals surface area contributed by atoms with Crippen LogP contribution in [0.25, 0.3) is 0 Å². The van der Waals surface area contributed by atoms with Gasteiger partial charge in [0, 0.05) is 18.1 Å². The van der Waals surface area contributed by atoms with Crippen molar-refractivity contribution in [1.29, 1.82) is 0 Å². The zero-order valence-electron chi connectivity index (χ0n) is 13.1. The lowest BCUT2D eigenvalue weighted by molar-refractivity contribution is -0.910. The first-order valence-electron chi connectivity index (χ1n) is 7.66. The molecule has 23 heavy (non-hydrogen) atoms. The Kier molecular flexibility index (Phi) is 3.99. The molecule has 1 N–H and O–H groups in total. The maximum absolute atomic E-state index is 12.7. The first-order chi connectivity index (χ1) is 11.1. The van der Waals surface area contributed by atoms with E-state index in [9.17, 15) is 9.90 Å². The van der Waals surface area contributed by atoms with Crippen molar-refractivity contribution < 1.29 is 14.4 Å². The summed E-state index contributed by atoms with van der Waals surface area (Å²) in [7, 11) is 0. The SMILES string of the molecule is CC(O)(c1ccccc1)[N+]1(CC(=O)c2ccccc2)C=CC=C1. The molecular formula is C20H20NO2+. The number of allylic oxidation sites excluding steroid dienone is 2. The Balaban J connectivity index is 1.97. The molecule has 0 aromatic heterocycles. The predicted molar refractivity (Wildman–Crippen MR) is 90.2 cm³/mol. The van der Waals surface area contributed by atoms with E-state index in [2.05, 4.69) is 0 Å². The van der Waals surface area contributed by atoms with Gasteiger partial charge in [-0.3, -0.25) is 4.79 Å². The Labute approximate surface area is 136 Å². The van der Waals surface area contributed by atoms with Crippen LogP contribution in [0, 0.1) is 0 Å². The molecule has 0 radical (unpaired) electrons. The van der Waals surface area contributed by atoms with E-state index in [1.165, 1.54) is 0 Å². The fraction of sp³-hybridized carbons (Fsp3) is 0.150. The van der Waals surface area contributed by atoms with Crippen LogP contribution in [-0.4, -0.2) is 21.9 Å². The normalized spacial score (nSPS) is 17.8. The summed E-state index contributed by atoms with van der Waals surface area (Å²) in [5.74, 6) is -0.00185. The molecule has 0 saturated heterocycles. The van der Waals surface area contributed by atoms with Crippen molar-refractivity contribution in [3.05, 3.63) is 96.3 Å². The Morgan fingerprint density at radius 1 is 0.957 bits per heavy atom. The van der Waals surface area contributed by atoms with Gasteiger partial charge in [0.1, 0.15) is 12.4 Å². The van der Waals surface area contributed by atoms with Crippen LogP contribution in [0.2, 0.25) is 0 Å². The van der Waals surface area contributed by atoms with Crippen molar-refractivity contribution in [2.45, 2.75) is 12.6 Å². The zero-order valence-corrected chi connectivity index (χ0v) is 13.1. The summed E-state index contributed by atoms with van der Waals surface area (Å²) < 4.78 is 0.0603. The van der Waals surface area contributed by atoms with Gasteiger partial charge in [0.05, 0.1) is 0 Å². The molecule has 0 fully saturated rings. The lowest BCUT2D eigenvalue weighted by Crippen LogP contribution is -2.55. The minimum Gasteiger partial charge on any atom is -0.338 e. The van der Waals surface area contributed by atoms with Crippen LogP contribution in [0.4, 0.5) is 0 Å². The van der Waals surface area contributed by atoms with Crippen LogP contribution in [0.5, 0.6) is 0 Å². The molecule has 1 unspecified atom stereocenters. The van der Waals surface area contributed by atoms with E-state index < -0.39 is 5.72 Å². The van der Waals surface area contributed by atoms with Crippen molar-refractivity contribution in [2.75, 3.05) is 6.54 Å². The zero-order chi connectivity index (χ0) is 16.3. The number of rotatable bonds is 5. The number of hydrogen-bond acceptors (Lipinski definition) is 2. The molecule has 0 spiro atoms. The van der Waals surface area contributed by atoms with Gasteiger partial charge < -0.3 is 5.11 Å². The van der Waals surface area contributed by atoms with Crippen molar-refractivity contribution in [3.63, 3.8) is 0 Å². The number of aliphatic hydroxyl groups is 1. The van der Waals surface area contributed by atoms with Gasteiger partial charge in [-0.1, -0.05) is 60.7 Å². The number of quaternary nitrogens is 1. The third kappa shape index (κ3) is 2.77. The number of ketones is 1. The van der Waals surface area contributed by atoms with Crippen molar-refractivity contribution >= 4 is 5.78 Å². The van der Waals surface area contributed by atoms with Crippen LogP contribution in [-0.2, 0) is 5.72 Å². The summed E-state index contributed by atoms with van der Waals surface area (Å²) >= 11 is 0. The summed E-state index contributed by atoms with van der Waals surface area (Å²) in [5, 5.41) is 11.2. The molecule has 3 nitrogen and oxygen atoms in total. The molecule has 1 aliphatic heterocycles. The highest BCUT2D eigenvalue weighted by molar-refractivity contribution is 5.97. The first-order valence-corrected chi connectivity index (χ1v) is 7.66. The molecule has 0 bridgehead atoms. The average Bonchev–Trinajstić information content (AvgIpc) is 3.07. The van der Waals surface area contributed by atoms with Crippen LogP contribution in [0.15, 0.2) is 85.2 Å². The highest BCUT2D eigenvalue weighted by Crippen LogP contribution is 2.36. The Morgan fingerprint density at radius 3 is 2.04 bits per heavy atom. The Morgan fingerprint density at radius 2 is 1.48 bits per heavy atom. The second-order valence-corrected chi connectivity index (χ2v) is 5.95. The first kappa shape index (κ1) is 15.4. The summed E-state index contributed by atoms with van der Waals surface area (Å²) in [6, 6.07) is 18.7. The van der Waals surface area contributed by atoms with E-state index in [1.54, 1.807) is 19.1 Å². The quantitative estimate of drug-likeness (QED) is 0.677. The molecule has 2 aromatic rings. The van der Waals surface area contributed by atoms with Crippen LogP contribution in [0.1, 0.15) is 22.8 Å². The maximum Gasteiger partial charge on any atom is 0.233 e. The van der Waals surface area contributed by atoms with E-state index in [0.29, 0.717) is 5.56 Å². The van der Waals surface area contributed by atoms with Crippen molar-refractivity contribution in [1.82, 2.24) is 0 Å². The lowest BCUT2D eigenvalue weighted by Gasteiger charge is -2.41. The highest BCUT2D eigenvalue weighted by atomic mass is 16.3. The third-order valence-electron chi connectivity index (χ3n) is 4.45. The molecule has 1 aliphatic rings. The molecule has 2 aromatic carbocycles. The van der Waals surface area contributed by atoms with Gasteiger partial charge in [-0.15, -0.1) is 0 Å². The Hall–Kier alpha value is -2.49. The third-order valence-corrected chi connectivity index (χ3v) is 4.45. The second-order valence-electron chi connectivity index (χ2n) is 5.95. The Bertz CT molecular complexity index is 734. The van der Waals surface area contributed by atoms with Gasteiger partial charge >= 0.3 is 0 Å². The fourth-order valence-corrected chi connectivity index (χ4v) is 2.95. The maximum atomic E-state index is 12.7. The highest BCUT2D eigenvalue weighted by Gasteiger charge is 2.47. The van der Waals surface area contributed by atoms with Crippen molar-refractivity contribution in [2.24, 2.45) is 0 Å². The molecular weight excluding hydrogens is 286 g/mol. The number of benzene rings is 2. The molecule has 116 valence electrons. The van der Waals surface area contributed by atoms with Gasteiger partial charge in [0.15, 0.2) is 6.54 Å². The molecule has 3 rings (SSSR count). The van der Waals surface area contributed by atoms with E-state index in [4.69, 9.17) is 0 Å². The smallest absolute Gasteiger partial charge is 0.233 e. The second kappa shape index (κ2) is 5.95. The van der Waals surface area contributed by atoms with Gasteiger partial charge in [0.2, 0.25) is 11.5 Å². The number of hydrogen-bond donors (Lipinski definition) is 1. The largest absolute Gasteiger partial charge is 0.338 e. The minimum absolute atomic E-state index is 0.00185.